The van der Waals surface area contributed by atoms with Gasteiger partial charge in [0.05, 0.1) is 11.5 Å². The Kier molecular flexibility index (Phi) is 4.78. The van der Waals surface area contributed by atoms with Crippen LogP contribution in [0.2, 0.25) is 0 Å². The number of hydrogen-bond donors (Lipinski definition) is 2. The highest BCUT2D eigenvalue weighted by atomic mass is 32.2. The Labute approximate surface area is 166 Å². The van der Waals surface area contributed by atoms with E-state index in [0.29, 0.717) is 36.4 Å². The van der Waals surface area contributed by atoms with Gasteiger partial charge in [0, 0.05) is 0 Å². The van der Waals surface area contributed by atoms with Gasteiger partial charge in [-0.1, -0.05) is 12.2 Å². The lowest BCUT2D eigenvalue weighted by molar-refractivity contribution is 0.0583. The van der Waals surface area contributed by atoms with Crippen molar-refractivity contribution >= 4 is 20.6 Å². The second-order valence-corrected chi connectivity index (χ2v) is 10.8. The predicted octanol–water partition coefficient (Wildman–Crippen LogP) is 1.78. The molecule has 0 heterocycles. The minimum Gasteiger partial charge on any atom is -0.375 e. The van der Waals surface area contributed by atoms with E-state index in [1.165, 1.54) is 5.57 Å². The van der Waals surface area contributed by atoms with Crippen LogP contribution in [0.25, 0.3) is 0 Å². The Morgan fingerprint density at radius 3 is 2.50 bits per heavy atom. The minimum atomic E-state index is -4.06. The first kappa shape index (κ1) is 20.1. The molecule has 0 aromatic heterocycles. The van der Waals surface area contributed by atoms with Crippen LogP contribution in [-0.4, -0.2) is 22.9 Å². The molecule has 0 bridgehead atoms. The fourth-order valence-corrected chi connectivity index (χ4v) is 6.73. The molecule has 0 spiro atoms. The Hall–Kier alpha value is -1.20. The van der Waals surface area contributed by atoms with E-state index >= 15 is 0 Å². The van der Waals surface area contributed by atoms with Gasteiger partial charge in [0.1, 0.15) is 5.76 Å². The molecule has 0 radical (unpaired) electrons. The van der Waals surface area contributed by atoms with Crippen molar-refractivity contribution in [3.8, 4) is 0 Å². The van der Waals surface area contributed by atoms with Gasteiger partial charge in [0.15, 0.2) is 0 Å². The molecule has 0 amide bonds. The lowest BCUT2D eigenvalue weighted by Crippen LogP contribution is -2.42. The second-order valence-electron chi connectivity index (χ2n) is 8.51. The third-order valence-electron chi connectivity index (χ3n) is 6.83. The van der Waals surface area contributed by atoms with E-state index < -0.39 is 26.0 Å². The molecule has 0 aromatic rings. The zero-order chi connectivity index (χ0) is 20.3. The molecule has 10 heteroatoms. The smallest absolute Gasteiger partial charge is 0.375 e. The lowest BCUT2D eigenvalue weighted by atomic mass is 9.56. The molecule has 2 saturated carbocycles. The van der Waals surface area contributed by atoms with Crippen LogP contribution in [0, 0.1) is 23.2 Å². The summed E-state index contributed by atoms with van der Waals surface area (Å²) in [5, 5.41) is 10.1. The van der Waals surface area contributed by atoms with Crippen molar-refractivity contribution in [1.29, 1.82) is 0 Å². The first-order chi connectivity index (χ1) is 13.0. The molecule has 4 aliphatic carbocycles. The van der Waals surface area contributed by atoms with Gasteiger partial charge in [-0.15, -0.1) is 0 Å². The summed E-state index contributed by atoms with van der Waals surface area (Å²) in [6.07, 6.45) is 10.4. The van der Waals surface area contributed by atoms with Crippen LogP contribution >= 0.6 is 0 Å². The molecular weight excluding hydrogens is 404 g/mol. The normalized spacial score (nSPS) is 37.8. The van der Waals surface area contributed by atoms with E-state index in [2.05, 4.69) is 6.08 Å². The lowest BCUT2D eigenvalue weighted by Gasteiger charge is -2.49. The van der Waals surface area contributed by atoms with Gasteiger partial charge in [-0.05, 0) is 80.4 Å². The molecule has 5 atom stereocenters. The standard InChI is InChI=1S/C18H26N2O6S2/c1-18-9-8-14-13-5-3-12(25-27(19,21)22)10-11(13)2-4-15(14)16(18)6-7-17(18)26-28(20,23)24/h4,6-7,11-14H,2-3,5,8-10H2,1H3,(H2,19,21,22)(H2,20,23,24)/t11?,12?,13-,14+,18-/m0/s1. The van der Waals surface area contributed by atoms with Gasteiger partial charge in [-0.2, -0.15) is 22.0 Å². The highest BCUT2D eigenvalue weighted by Crippen LogP contribution is 2.59. The van der Waals surface area contributed by atoms with Crippen LogP contribution < -0.4 is 10.3 Å². The van der Waals surface area contributed by atoms with Gasteiger partial charge < -0.3 is 4.18 Å². The quantitative estimate of drug-likeness (QED) is 0.697. The third kappa shape index (κ3) is 3.68. The van der Waals surface area contributed by atoms with Crippen LogP contribution in [0.5, 0.6) is 0 Å². The Morgan fingerprint density at radius 2 is 1.82 bits per heavy atom. The zero-order valence-electron chi connectivity index (χ0n) is 15.7. The van der Waals surface area contributed by atoms with Crippen molar-refractivity contribution in [2.45, 2.75) is 51.6 Å². The van der Waals surface area contributed by atoms with Gasteiger partial charge in [0.25, 0.3) is 0 Å². The first-order valence-corrected chi connectivity index (χ1v) is 12.5. The topological polar surface area (TPSA) is 139 Å². The highest BCUT2D eigenvalue weighted by molar-refractivity contribution is 7.84. The second kappa shape index (κ2) is 6.66. The summed E-state index contributed by atoms with van der Waals surface area (Å²) >= 11 is 0. The number of hydrogen-bond acceptors (Lipinski definition) is 6. The fourth-order valence-electron chi connectivity index (χ4n) is 5.68. The van der Waals surface area contributed by atoms with Crippen LogP contribution in [0.15, 0.2) is 35.1 Å². The average molecular weight is 431 g/mol. The van der Waals surface area contributed by atoms with E-state index in [1.807, 2.05) is 13.0 Å². The molecule has 28 heavy (non-hydrogen) atoms. The van der Waals surface area contributed by atoms with Crippen molar-refractivity contribution in [3.63, 3.8) is 0 Å². The molecular formula is C18H26N2O6S2. The van der Waals surface area contributed by atoms with Crippen molar-refractivity contribution in [2.75, 3.05) is 0 Å². The summed E-state index contributed by atoms with van der Waals surface area (Å²) in [5.41, 5.74) is 1.91. The number of rotatable bonds is 4. The monoisotopic (exact) mass is 430 g/mol. The summed E-state index contributed by atoms with van der Waals surface area (Å²) in [6, 6.07) is 0. The third-order valence-corrected chi connectivity index (χ3v) is 7.78. The largest absolute Gasteiger partial charge is 0.379 e. The predicted molar refractivity (Wildman–Crippen MR) is 103 cm³/mol. The van der Waals surface area contributed by atoms with Gasteiger partial charge in [-0.25, -0.2) is 5.14 Å². The minimum absolute atomic E-state index is 0.345. The number of nitrogens with two attached hydrogens (primary N) is 2. The van der Waals surface area contributed by atoms with Crippen molar-refractivity contribution < 1.29 is 25.2 Å². The molecule has 4 rings (SSSR count). The summed E-state index contributed by atoms with van der Waals surface area (Å²) in [4.78, 5) is 0. The van der Waals surface area contributed by atoms with Crippen LogP contribution in [0.3, 0.4) is 0 Å². The summed E-state index contributed by atoms with van der Waals surface area (Å²) in [5.74, 6) is 1.61. The first-order valence-electron chi connectivity index (χ1n) is 9.53. The average Bonchev–Trinajstić information content (AvgIpc) is 2.88. The number of fused-ring (bicyclic) bond motifs is 5. The van der Waals surface area contributed by atoms with Crippen LogP contribution in [0.1, 0.15) is 45.4 Å². The van der Waals surface area contributed by atoms with Crippen molar-refractivity contribution in [1.82, 2.24) is 0 Å². The molecule has 8 nitrogen and oxygen atoms in total. The van der Waals surface area contributed by atoms with Gasteiger partial charge in [-0.3, -0.25) is 4.18 Å². The molecule has 4 aliphatic rings. The zero-order valence-corrected chi connectivity index (χ0v) is 17.3. The maximum absolute atomic E-state index is 11.4. The van der Waals surface area contributed by atoms with Gasteiger partial charge in [0.2, 0.25) is 0 Å². The van der Waals surface area contributed by atoms with Crippen molar-refractivity contribution in [2.24, 2.45) is 33.4 Å². The highest BCUT2D eigenvalue weighted by Gasteiger charge is 2.50. The molecule has 2 unspecified atom stereocenters. The molecule has 4 N–H and O–H groups in total. The summed E-state index contributed by atoms with van der Waals surface area (Å²) < 4.78 is 55.4. The molecule has 0 aromatic carbocycles. The van der Waals surface area contributed by atoms with E-state index in [1.54, 1.807) is 6.08 Å². The van der Waals surface area contributed by atoms with Crippen LogP contribution in [0.4, 0.5) is 0 Å². The maximum atomic E-state index is 11.4. The van der Waals surface area contributed by atoms with E-state index in [0.717, 1.165) is 31.3 Å². The fraction of sp³-hybridized carbons (Fsp3) is 0.667. The van der Waals surface area contributed by atoms with E-state index in [9.17, 15) is 16.8 Å². The van der Waals surface area contributed by atoms with E-state index in [-0.39, 0.29) is 6.10 Å². The number of allylic oxidation sites excluding steroid dienone is 5. The maximum Gasteiger partial charge on any atom is 0.379 e. The Morgan fingerprint density at radius 1 is 1.07 bits per heavy atom. The van der Waals surface area contributed by atoms with Crippen LogP contribution in [-0.2, 0) is 29.0 Å². The molecule has 0 aliphatic heterocycles. The van der Waals surface area contributed by atoms with Gasteiger partial charge >= 0.3 is 20.6 Å². The molecule has 156 valence electrons. The molecule has 0 saturated heterocycles. The Bertz CT molecular complexity index is 982. The molecule has 2 fully saturated rings. The summed E-state index contributed by atoms with van der Waals surface area (Å²) in [7, 11) is -7.99. The summed E-state index contributed by atoms with van der Waals surface area (Å²) in [6.45, 7) is 2.00. The van der Waals surface area contributed by atoms with Crippen molar-refractivity contribution in [3.05, 3.63) is 35.1 Å². The SMILES string of the molecule is C[C@]12CC[C@H]3C(=CCC4CC(OS(N)(=O)=O)CC[C@@H]43)C1=CC=C2OS(N)(=O)=O. The Balaban J connectivity index is 1.53. The van der Waals surface area contributed by atoms with E-state index in [4.69, 9.17) is 18.6 Å².